The van der Waals surface area contributed by atoms with E-state index in [-0.39, 0.29) is 11.2 Å². The molecule has 1 N–H and O–H groups in total. The van der Waals surface area contributed by atoms with Crippen molar-refractivity contribution >= 4 is 39.3 Å². The van der Waals surface area contributed by atoms with E-state index in [1.807, 2.05) is 43.3 Å². The zero-order chi connectivity index (χ0) is 24.7. The first-order chi connectivity index (χ1) is 16.8. The molecule has 3 aromatic rings. The second-order valence-electron chi connectivity index (χ2n) is 9.53. The van der Waals surface area contributed by atoms with Gasteiger partial charge in [-0.25, -0.2) is 4.68 Å². The molecule has 9 heteroatoms. The van der Waals surface area contributed by atoms with Crippen LogP contribution >= 0.6 is 27.5 Å². The fraction of sp³-hybridized carbons (Fsp3) is 0.346. The minimum atomic E-state index is -0.416. The predicted molar refractivity (Wildman–Crippen MR) is 138 cm³/mol. The Morgan fingerprint density at radius 2 is 2.03 bits per heavy atom. The Hall–Kier alpha value is -2.84. The summed E-state index contributed by atoms with van der Waals surface area (Å²) in [6, 6.07) is 11.0. The third-order valence-electron chi connectivity index (χ3n) is 6.25. The second-order valence-corrected chi connectivity index (χ2v) is 10.8. The molecule has 1 aliphatic heterocycles. The smallest absolute Gasteiger partial charge is 0.226 e. The third kappa shape index (κ3) is 4.57. The molecule has 2 aromatic carbocycles. The van der Waals surface area contributed by atoms with E-state index in [9.17, 15) is 4.79 Å². The molecular formula is C26H26BrClN4O3. The van der Waals surface area contributed by atoms with Gasteiger partial charge in [-0.3, -0.25) is 4.79 Å². The average Bonchev–Trinajstić information content (AvgIpc) is 3.25. The van der Waals surface area contributed by atoms with Crippen LogP contribution in [-0.4, -0.2) is 27.2 Å². The molecule has 0 radical (unpaired) electrons. The zero-order valence-corrected chi connectivity index (χ0v) is 22.1. The van der Waals surface area contributed by atoms with Crippen LogP contribution in [0.4, 0.5) is 5.95 Å². The van der Waals surface area contributed by atoms with E-state index in [0.717, 1.165) is 33.3 Å². The van der Waals surface area contributed by atoms with Crippen molar-refractivity contribution in [1.82, 2.24) is 14.8 Å². The molecule has 0 bridgehead atoms. The van der Waals surface area contributed by atoms with Crippen LogP contribution in [0.2, 0.25) is 5.02 Å². The maximum absolute atomic E-state index is 13.4. The monoisotopic (exact) mass is 556 g/mol. The van der Waals surface area contributed by atoms with Crippen LogP contribution in [-0.2, 0) is 11.4 Å². The molecule has 1 atom stereocenters. The van der Waals surface area contributed by atoms with Gasteiger partial charge in [0, 0.05) is 28.3 Å². The van der Waals surface area contributed by atoms with Gasteiger partial charge in [-0.2, -0.15) is 10.1 Å². The van der Waals surface area contributed by atoms with Crippen molar-refractivity contribution < 1.29 is 14.3 Å². The van der Waals surface area contributed by atoms with E-state index in [0.29, 0.717) is 42.1 Å². The van der Waals surface area contributed by atoms with Gasteiger partial charge < -0.3 is 14.8 Å². The number of allylic oxidation sites excluding steroid dienone is 2. The molecule has 35 heavy (non-hydrogen) atoms. The number of ketones is 1. The lowest BCUT2D eigenvalue weighted by Crippen LogP contribution is -2.36. The van der Waals surface area contributed by atoms with Crippen molar-refractivity contribution in [2.45, 2.75) is 46.3 Å². The molecule has 0 fully saturated rings. The standard InChI is InChI=1S/C26H26BrClN4O3/c1-4-34-21-10-16(9-17(27)24(21)35-13-15-7-5-6-8-18(15)28)23-22-19(11-26(2,3)12-20(22)33)31-25-29-14-30-32(23)25/h5-10,14,23H,4,11-13H2,1-3H3,(H,29,30,31). The summed E-state index contributed by atoms with van der Waals surface area (Å²) in [5.41, 5.74) is 3.25. The molecule has 1 unspecified atom stereocenters. The van der Waals surface area contributed by atoms with Crippen LogP contribution in [0, 0.1) is 5.41 Å². The van der Waals surface area contributed by atoms with Crippen molar-refractivity contribution in [3.8, 4) is 11.5 Å². The number of rotatable bonds is 6. The Bertz CT molecular complexity index is 1330. The number of hydrogen-bond donors (Lipinski definition) is 1. The lowest BCUT2D eigenvalue weighted by molar-refractivity contribution is -0.118. The van der Waals surface area contributed by atoms with Crippen LogP contribution in [0.15, 0.2) is 58.5 Å². The van der Waals surface area contributed by atoms with E-state index in [1.165, 1.54) is 6.33 Å². The molecule has 182 valence electrons. The van der Waals surface area contributed by atoms with Crippen molar-refractivity contribution in [3.05, 3.63) is 74.6 Å². The van der Waals surface area contributed by atoms with Crippen molar-refractivity contribution in [2.24, 2.45) is 5.41 Å². The lowest BCUT2D eigenvalue weighted by atomic mass is 9.73. The van der Waals surface area contributed by atoms with E-state index in [1.54, 1.807) is 4.68 Å². The fourth-order valence-electron chi connectivity index (χ4n) is 4.77. The zero-order valence-electron chi connectivity index (χ0n) is 19.8. The number of hydrogen-bond acceptors (Lipinski definition) is 6. The van der Waals surface area contributed by atoms with Crippen LogP contribution in [0.5, 0.6) is 11.5 Å². The SMILES string of the molecule is CCOc1cc(C2C3=C(CC(C)(C)CC3=O)Nc3ncnn32)cc(Br)c1OCc1ccccc1Cl. The first kappa shape index (κ1) is 23.9. The Morgan fingerprint density at radius 3 is 2.80 bits per heavy atom. The van der Waals surface area contributed by atoms with Crippen LogP contribution < -0.4 is 14.8 Å². The van der Waals surface area contributed by atoms with E-state index >= 15 is 0 Å². The second kappa shape index (κ2) is 9.32. The Kier molecular flexibility index (Phi) is 6.36. The summed E-state index contributed by atoms with van der Waals surface area (Å²) in [6.45, 7) is 6.90. The molecule has 0 saturated carbocycles. The number of carbonyl (C=O) groups is 1. The van der Waals surface area contributed by atoms with Gasteiger partial charge in [0.15, 0.2) is 17.3 Å². The molecule has 1 aliphatic carbocycles. The highest BCUT2D eigenvalue weighted by Gasteiger charge is 2.41. The highest BCUT2D eigenvalue weighted by molar-refractivity contribution is 9.10. The highest BCUT2D eigenvalue weighted by Crippen LogP contribution is 2.47. The topological polar surface area (TPSA) is 78.3 Å². The summed E-state index contributed by atoms with van der Waals surface area (Å²) in [7, 11) is 0. The number of Topliss-reactive ketones (excluding diaryl/α,β-unsaturated/α-hetero) is 1. The number of nitrogens with one attached hydrogen (secondary N) is 1. The fourth-order valence-corrected chi connectivity index (χ4v) is 5.54. The van der Waals surface area contributed by atoms with E-state index in [2.05, 4.69) is 45.2 Å². The van der Waals surface area contributed by atoms with Gasteiger partial charge in [-0.05, 0) is 58.5 Å². The average molecular weight is 558 g/mol. The molecule has 5 rings (SSSR count). The summed E-state index contributed by atoms with van der Waals surface area (Å²) in [5, 5.41) is 8.43. The maximum atomic E-state index is 13.4. The number of carbonyl (C=O) groups excluding carboxylic acids is 1. The molecule has 0 amide bonds. The van der Waals surface area contributed by atoms with Gasteiger partial charge in [-0.15, -0.1) is 0 Å². The van der Waals surface area contributed by atoms with Gasteiger partial charge in [-0.1, -0.05) is 43.6 Å². The van der Waals surface area contributed by atoms with Gasteiger partial charge >= 0.3 is 0 Å². The Labute approximate surface area is 217 Å². The first-order valence-electron chi connectivity index (χ1n) is 11.5. The number of anilines is 1. The first-order valence-corrected chi connectivity index (χ1v) is 12.7. The number of benzene rings is 2. The van der Waals surface area contributed by atoms with Gasteiger partial charge in [0.2, 0.25) is 5.95 Å². The van der Waals surface area contributed by atoms with Crippen LogP contribution in [0.25, 0.3) is 0 Å². The maximum Gasteiger partial charge on any atom is 0.226 e. The summed E-state index contributed by atoms with van der Waals surface area (Å²) in [4.78, 5) is 17.8. The molecule has 7 nitrogen and oxygen atoms in total. The number of halogens is 2. The summed E-state index contributed by atoms with van der Waals surface area (Å²) in [5.74, 6) is 1.89. The molecular weight excluding hydrogens is 532 g/mol. The molecule has 2 aliphatic rings. The highest BCUT2D eigenvalue weighted by atomic mass is 79.9. The summed E-state index contributed by atoms with van der Waals surface area (Å²) < 4.78 is 14.6. The quantitative estimate of drug-likeness (QED) is 0.382. The van der Waals surface area contributed by atoms with Gasteiger partial charge in [0.1, 0.15) is 19.0 Å². The normalized spacial score (nSPS) is 18.5. The molecule has 2 heterocycles. The van der Waals surface area contributed by atoms with Gasteiger partial charge in [0.05, 0.1) is 11.1 Å². The lowest BCUT2D eigenvalue weighted by Gasteiger charge is -2.38. The van der Waals surface area contributed by atoms with E-state index < -0.39 is 6.04 Å². The summed E-state index contributed by atoms with van der Waals surface area (Å²) in [6.07, 6.45) is 2.74. The van der Waals surface area contributed by atoms with Crippen molar-refractivity contribution in [2.75, 3.05) is 11.9 Å². The largest absolute Gasteiger partial charge is 0.490 e. The minimum absolute atomic E-state index is 0.114. The van der Waals surface area contributed by atoms with Crippen molar-refractivity contribution in [3.63, 3.8) is 0 Å². The van der Waals surface area contributed by atoms with E-state index in [4.69, 9.17) is 21.1 Å². The Balaban J connectivity index is 1.57. The van der Waals surface area contributed by atoms with Crippen LogP contribution in [0.3, 0.4) is 0 Å². The minimum Gasteiger partial charge on any atom is -0.490 e. The Morgan fingerprint density at radius 1 is 1.23 bits per heavy atom. The third-order valence-corrected chi connectivity index (χ3v) is 7.21. The number of nitrogens with zero attached hydrogens (tertiary/aromatic N) is 3. The van der Waals surface area contributed by atoms with Gasteiger partial charge in [0.25, 0.3) is 0 Å². The number of aromatic nitrogens is 3. The molecule has 0 spiro atoms. The molecule has 1 aromatic heterocycles. The molecule has 0 saturated heterocycles. The number of fused-ring (bicyclic) bond motifs is 1. The number of ether oxygens (including phenoxy) is 2. The predicted octanol–water partition coefficient (Wildman–Crippen LogP) is 6.33. The van der Waals surface area contributed by atoms with Crippen LogP contribution in [0.1, 0.15) is 50.8 Å². The van der Waals surface area contributed by atoms with Crippen molar-refractivity contribution in [1.29, 1.82) is 0 Å². The summed E-state index contributed by atoms with van der Waals surface area (Å²) >= 11 is 9.99.